The Morgan fingerprint density at radius 3 is 2.63 bits per heavy atom. The summed E-state index contributed by atoms with van der Waals surface area (Å²) >= 11 is 6.12. The van der Waals surface area contributed by atoms with Crippen LogP contribution in [-0.2, 0) is 11.2 Å². The SMILES string of the molecule is COc1ccc(CC(=O)Nc2cnn(-c3ncc(N4CCCCC4)cn3)c2)cc1Cl. The molecule has 0 atom stereocenters. The van der Waals surface area contributed by atoms with Crippen LogP contribution in [0.1, 0.15) is 24.8 Å². The van der Waals surface area contributed by atoms with Gasteiger partial charge in [0, 0.05) is 13.1 Å². The lowest BCUT2D eigenvalue weighted by Gasteiger charge is -2.28. The molecule has 1 fully saturated rings. The minimum atomic E-state index is -0.169. The zero-order chi connectivity index (χ0) is 20.9. The molecule has 30 heavy (non-hydrogen) atoms. The topological polar surface area (TPSA) is 85.2 Å². The number of carbonyl (C=O) groups is 1. The number of methoxy groups -OCH3 is 1. The van der Waals surface area contributed by atoms with Crippen LogP contribution in [-0.4, -0.2) is 45.9 Å². The van der Waals surface area contributed by atoms with Gasteiger partial charge in [-0.25, -0.2) is 14.6 Å². The molecule has 3 heterocycles. The molecule has 0 radical (unpaired) electrons. The van der Waals surface area contributed by atoms with E-state index in [0.717, 1.165) is 24.3 Å². The second kappa shape index (κ2) is 9.13. The van der Waals surface area contributed by atoms with Gasteiger partial charge in [0.1, 0.15) is 5.75 Å². The molecule has 0 saturated carbocycles. The number of nitrogens with zero attached hydrogens (tertiary/aromatic N) is 5. The first-order valence-electron chi connectivity index (χ1n) is 9.86. The third-order valence-electron chi connectivity index (χ3n) is 5.00. The smallest absolute Gasteiger partial charge is 0.250 e. The minimum absolute atomic E-state index is 0.169. The predicted octanol–water partition coefficient (Wildman–Crippen LogP) is 3.50. The number of hydrogen-bond donors (Lipinski definition) is 1. The van der Waals surface area contributed by atoms with Crippen LogP contribution in [0.15, 0.2) is 43.0 Å². The van der Waals surface area contributed by atoms with E-state index in [9.17, 15) is 4.79 Å². The van der Waals surface area contributed by atoms with Crippen LogP contribution in [0, 0.1) is 0 Å². The minimum Gasteiger partial charge on any atom is -0.495 e. The van der Waals surface area contributed by atoms with E-state index in [4.69, 9.17) is 16.3 Å². The van der Waals surface area contributed by atoms with E-state index in [1.165, 1.54) is 19.3 Å². The van der Waals surface area contributed by atoms with Crippen LogP contribution in [0.2, 0.25) is 5.02 Å². The number of halogens is 1. The van der Waals surface area contributed by atoms with Crippen LogP contribution >= 0.6 is 11.6 Å². The molecular weight excluding hydrogens is 404 g/mol. The highest BCUT2D eigenvalue weighted by molar-refractivity contribution is 6.32. The normalized spacial score (nSPS) is 13.9. The van der Waals surface area contributed by atoms with Crippen LogP contribution in [0.25, 0.3) is 5.95 Å². The summed E-state index contributed by atoms with van der Waals surface area (Å²) in [6.45, 7) is 2.08. The average Bonchev–Trinajstić information content (AvgIpc) is 3.23. The van der Waals surface area contributed by atoms with E-state index in [1.807, 2.05) is 18.5 Å². The number of benzene rings is 1. The number of ether oxygens (including phenoxy) is 1. The van der Waals surface area contributed by atoms with Gasteiger partial charge in [-0.1, -0.05) is 17.7 Å². The summed E-state index contributed by atoms with van der Waals surface area (Å²) in [6.07, 6.45) is 10.8. The number of anilines is 2. The Morgan fingerprint density at radius 1 is 1.17 bits per heavy atom. The Hall–Kier alpha value is -3.13. The van der Waals surface area contributed by atoms with Crippen LogP contribution in [0.3, 0.4) is 0 Å². The largest absolute Gasteiger partial charge is 0.495 e. The number of hydrogen-bond acceptors (Lipinski definition) is 6. The molecule has 1 aliphatic rings. The fourth-order valence-corrected chi connectivity index (χ4v) is 3.74. The Labute approximate surface area is 179 Å². The Balaban J connectivity index is 1.37. The second-order valence-corrected chi connectivity index (χ2v) is 7.56. The number of carbonyl (C=O) groups excluding carboxylic acids is 1. The van der Waals surface area contributed by atoms with E-state index >= 15 is 0 Å². The van der Waals surface area contributed by atoms with Gasteiger partial charge >= 0.3 is 0 Å². The molecule has 4 rings (SSSR count). The van der Waals surface area contributed by atoms with E-state index in [0.29, 0.717) is 22.4 Å². The average molecular weight is 427 g/mol. The number of amides is 1. The summed E-state index contributed by atoms with van der Waals surface area (Å²) in [5, 5.41) is 7.56. The summed E-state index contributed by atoms with van der Waals surface area (Å²) in [7, 11) is 1.55. The molecule has 156 valence electrons. The van der Waals surface area contributed by atoms with Crippen LogP contribution in [0.4, 0.5) is 11.4 Å². The Kier molecular flexibility index (Phi) is 6.13. The number of rotatable bonds is 6. The van der Waals surface area contributed by atoms with Gasteiger partial charge < -0.3 is 15.0 Å². The van der Waals surface area contributed by atoms with E-state index in [1.54, 1.807) is 36.3 Å². The van der Waals surface area contributed by atoms with Gasteiger partial charge in [0.05, 0.1) is 54.7 Å². The maximum Gasteiger partial charge on any atom is 0.250 e. The molecule has 1 N–H and O–H groups in total. The standard InChI is InChI=1S/C21H23ClN6O2/c1-30-19-6-5-15(9-18(19)22)10-20(29)26-16-11-25-28(14-16)21-23-12-17(13-24-21)27-7-3-2-4-8-27/h5-6,9,11-14H,2-4,7-8,10H2,1H3,(H,26,29). The first kappa shape index (κ1) is 20.2. The maximum atomic E-state index is 12.4. The Bertz CT molecular complexity index is 1010. The monoisotopic (exact) mass is 426 g/mol. The number of aromatic nitrogens is 4. The summed E-state index contributed by atoms with van der Waals surface area (Å²) in [4.78, 5) is 23.5. The van der Waals surface area contributed by atoms with Crippen LogP contribution < -0.4 is 15.0 Å². The first-order valence-corrected chi connectivity index (χ1v) is 10.2. The van der Waals surface area contributed by atoms with Crippen molar-refractivity contribution >= 4 is 28.9 Å². The molecule has 1 amide bonds. The second-order valence-electron chi connectivity index (χ2n) is 7.16. The van der Waals surface area contributed by atoms with Gasteiger partial charge in [0.25, 0.3) is 5.95 Å². The molecule has 0 spiro atoms. The fraction of sp³-hybridized carbons (Fsp3) is 0.333. The maximum absolute atomic E-state index is 12.4. The van der Waals surface area contributed by atoms with Gasteiger partial charge in [-0.3, -0.25) is 4.79 Å². The van der Waals surface area contributed by atoms with Crippen molar-refractivity contribution in [2.24, 2.45) is 0 Å². The van der Waals surface area contributed by atoms with Gasteiger partial charge in [-0.2, -0.15) is 5.10 Å². The van der Waals surface area contributed by atoms with Crippen molar-refractivity contribution in [3.05, 3.63) is 53.6 Å². The van der Waals surface area contributed by atoms with Gasteiger partial charge in [-0.15, -0.1) is 0 Å². The predicted molar refractivity (Wildman–Crippen MR) is 116 cm³/mol. The summed E-state index contributed by atoms with van der Waals surface area (Å²) in [5.41, 5.74) is 2.39. The van der Waals surface area contributed by atoms with Crippen molar-refractivity contribution in [2.45, 2.75) is 25.7 Å². The highest BCUT2D eigenvalue weighted by Crippen LogP contribution is 2.25. The lowest BCUT2D eigenvalue weighted by atomic mass is 10.1. The lowest BCUT2D eigenvalue weighted by Crippen LogP contribution is -2.29. The lowest BCUT2D eigenvalue weighted by molar-refractivity contribution is -0.115. The highest BCUT2D eigenvalue weighted by atomic mass is 35.5. The Morgan fingerprint density at radius 2 is 1.93 bits per heavy atom. The molecule has 3 aromatic rings. The van der Waals surface area contributed by atoms with Crippen molar-refractivity contribution in [3.63, 3.8) is 0 Å². The number of nitrogens with one attached hydrogen (secondary N) is 1. The zero-order valence-electron chi connectivity index (χ0n) is 16.7. The summed E-state index contributed by atoms with van der Waals surface area (Å²) in [6, 6.07) is 5.28. The third-order valence-corrected chi connectivity index (χ3v) is 5.29. The van der Waals surface area contributed by atoms with E-state index < -0.39 is 0 Å². The first-order chi connectivity index (χ1) is 14.6. The molecule has 0 bridgehead atoms. The third kappa shape index (κ3) is 4.71. The van der Waals surface area contributed by atoms with E-state index in [-0.39, 0.29) is 12.3 Å². The molecule has 1 saturated heterocycles. The highest BCUT2D eigenvalue weighted by Gasteiger charge is 2.13. The van der Waals surface area contributed by atoms with Gasteiger partial charge in [-0.05, 0) is 37.0 Å². The van der Waals surface area contributed by atoms with Crippen molar-refractivity contribution in [1.82, 2.24) is 19.7 Å². The molecule has 0 aliphatic carbocycles. The quantitative estimate of drug-likeness (QED) is 0.649. The number of piperidine rings is 1. The fourth-order valence-electron chi connectivity index (χ4n) is 3.46. The van der Waals surface area contributed by atoms with Crippen molar-refractivity contribution < 1.29 is 9.53 Å². The molecule has 1 aromatic carbocycles. The van der Waals surface area contributed by atoms with Gasteiger partial charge in [0.2, 0.25) is 5.91 Å². The summed E-state index contributed by atoms with van der Waals surface area (Å²) < 4.78 is 6.67. The molecule has 9 heteroatoms. The molecular formula is C21H23ClN6O2. The van der Waals surface area contributed by atoms with Gasteiger partial charge in [0.15, 0.2) is 0 Å². The molecule has 8 nitrogen and oxygen atoms in total. The van der Waals surface area contributed by atoms with Crippen molar-refractivity contribution in [2.75, 3.05) is 30.4 Å². The van der Waals surface area contributed by atoms with E-state index in [2.05, 4.69) is 25.3 Å². The van der Waals surface area contributed by atoms with Crippen molar-refractivity contribution in [3.8, 4) is 11.7 Å². The zero-order valence-corrected chi connectivity index (χ0v) is 17.5. The molecule has 2 aromatic heterocycles. The molecule has 0 unspecified atom stereocenters. The summed E-state index contributed by atoms with van der Waals surface area (Å²) in [5.74, 6) is 0.865. The van der Waals surface area contributed by atoms with Crippen molar-refractivity contribution in [1.29, 1.82) is 0 Å². The molecule has 1 aliphatic heterocycles. The van der Waals surface area contributed by atoms with Crippen LogP contribution in [0.5, 0.6) is 5.75 Å².